The summed E-state index contributed by atoms with van der Waals surface area (Å²) >= 11 is 0. The third-order valence-electron chi connectivity index (χ3n) is 3.43. The van der Waals surface area contributed by atoms with Crippen molar-refractivity contribution < 1.29 is 27.4 Å². The number of ether oxygens (including phenoxy) is 3. The Morgan fingerprint density at radius 2 is 1.77 bits per heavy atom. The molecule has 0 unspecified atom stereocenters. The van der Waals surface area contributed by atoms with Gasteiger partial charge in [-0.05, 0) is 30.3 Å². The van der Waals surface area contributed by atoms with E-state index in [1.54, 1.807) is 12.1 Å². The van der Waals surface area contributed by atoms with E-state index in [4.69, 9.17) is 14.2 Å². The number of nitrogens with zero attached hydrogens (tertiary/aromatic N) is 1. The number of para-hydroxylation sites is 1. The van der Waals surface area contributed by atoms with Gasteiger partial charge < -0.3 is 14.2 Å². The molecule has 2 aromatic rings. The third-order valence-corrected chi connectivity index (χ3v) is 3.43. The van der Waals surface area contributed by atoms with Crippen LogP contribution in [0.2, 0.25) is 0 Å². The summed E-state index contributed by atoms with van der Waals surface area (Å²) in [6, 6.07) is 12.8. The molecule has 0 spiro atoms. The van der Waals surface area contributed by atoms with Gasteiger partial charge in [0.25, 0.3) is 0 Å². The lowest BCUT2D eigenvalue weighted by Gasteiger charge is -2.20. The van der Waals surface area contributed by atoms with Crippen LogP contribution in [0, 0.1) is 0 Å². The van der Waals surface area contributed by atoms with Gasteiger partial charge in [-0.1, -0.05) is 18.2 Å². The Morgan fingerprint density at radius 1 is 1.04 bits per heavy atom. The maximum absolute atomic E-state index is 13.2. The van der Waals surface area contributed by atoms with Gasteiger partial charge in [0.1, 0.15) is 18.1 Å². The number of methoxy groups -OCH3 is 1. The molecule has 0 saturated heterocycles. The second-order valence-corrected chi connectivity index (χ2v) is 5.45. The monoisotopic (exact) mass is 367 g/mol. The molecular formula is C19H20F3NO3. The fourth-order valence-corrected chi connectivity index (χ4v) is 2.31. The summed E-state index contributed by atoms with van der Waals surface area (Å²) in [5.41, 5.74) is -0.822. The minimum Gasteiger partial charge on any atom is -0.490 e. The predicted molar refractivity (Wildman–Crippen MR) is 93.2 cm³/mol. The topological polar surface area (TPSA) is 40.0 Å². The lowest BCUT2D eigenvalue weighted by Crippen LogP contribution is -2.29. The highest BCUT2D eigenvalue weighted by Crippen LogP contribution is 2.34. The van der Waals surface area contributed by atoms with Gasteiger partial charge in [0, 0.05) is 25.9 Å². The Bertz CT molecular complexity index is 718. The van der Waals surface area contributed by atoms with Crippen LogP contribution in [-0.4, -0.2) is 39.7 Å². The SMILES string of the molecule is CN=Cc1ccc(O[C@@H](COC)COc2ccccc2)cc1C(F)(F)F. The summed E-state index contributed by atoms with van der Waals surface area (Å²) < 4.78 is 56.1. The van der Waals surface area contributed by atoms with Crippen LogP contribution in [0.5, 0.6) is 11.5 Å². The number of hydrogen-bond donors (Lipinski definition) is 0. The van der Waals surface area contributed by atoms with E-state index < -0.39 is 17.8 Å². The van der Waals surface area contributed by atoms with Gasteiger partial charge in [0.15, 0.2) is 6.10 Å². The van der Waals surface area contributed by atoms with Crippen molar-refractivity contribution in [3.8, 4) is 11.5 Å². The number of rotatable bonds is 8. The molecule has 0 aliphatic rings. The van der Waals surface area contributed by atoms with Crippen LogP contribution in [0.4, 0.5) is 13.2 Å². The second-order valence-electron chi connectivity index (χ2n) is 5.45. The quantitative estimate of drug-likeness (QED) is 0.656. The Balaban J connectivity index is 2.14. The highest BCUT2D eigenvalue weighted by Gasteiger charge is 2.33. The smallest absolute Gasteiger partial charge is 0.417 e. The molecule has 0 aromatic heterocycles. The highest BCUT2D eigenvalue weighted by atomic mass is 19.4. The van der Waals surface area contributed by atoms with E-state index in [2.05, 4.69) is 4.99 Å². The number of halogens is 3. The van der Waals surface area contributed by atoms with Crippen LogP contribution in [0.3, 0.4) is 0 Å². The first kappa shape index (κ1) is 19.8. The Kier molecular flexibility index (Phi) is 7.03. The van der Waals surface area contributed by atoms with Gasteiger partial charge in [-0.25, -0.2) is 0 Å². The predicted octanol–water partition coefficient (Wildman–Crippen LogP) is 4.23. The molecule has 0 heterocycles. The molecule has 2 aromatic carbocycles. The summed E-state index contributed by atoms with van der Waals surface area (Å²) in [6.45, 7) is 0.309. The Labute approximate surface area is 150 Å². The number of benzene rings is 2. The highest BCUT2D eigenvalue weighted by molar-refractivity contribution is 5.82. The molecule has 7 heteroatoms. The van der Waals surface area contributed by atoms with Crippen molar-refractivity contribution >= 4 is 6.21 Å². The van der Waals surface area contributed by atoms with Crippen molar-refractivity contribution in [2.75, 3.05) is 27.4 Å². The van der Waals surface area contributed by atoms with Gasteiger partial charge in [-0.2, -0.15) is 13.2 Å². The van der Waals surface area contributed by atoms with E-state index in [1.165, 1.54) is 26.3 Å². The third kappa shape index (κ3) is 5.77. The van der Waals surface area contributed by atoms with Gasteiger partial charge in [-0.15, -0.1) is 0 Å². The molecule has 0 amide bonds. The molecule has 4 nitrogen and oxygen atoms in total. The minimum atomic E-state index is -4.51. The fourth-order valence-electron chi connectivity index (χ4n) is 2.31. The normalized spacial score (nSPS) is 13.0. The van der Waals surface area contributed by atoms with E-state index in [0.717, 1.165) is 12.3 Å². The van der Waals surface area contributed by atoms with Gasteiger partial charge >= 0.3 is 6.18 Å². The molecule has 0 fully saturated rings. The van der Waals surface area contributed by atoms with Crippen LogP contribution in [0.15, 0.2) is 53.5 Å². The van der Waals surface area contributed by atoms with Crippen LogP contribution in [0.25, 0.3) is 0 Å². The number of hydrogen-bond acceptors (Lipinski definition) is 4. The fraction of sp³-hybridized carbons (Fsp3) is 0.316. The van der Waals surface area contributed by atoms with E-state index in [1.807, 2.05) is 18.2 Å². The van der Waals surface area contributed by atoms with Crippen molar-refractivity contribution in [1.29, 1.82) is 0 Å². The van der Waals surface area contributed by atoms with Crippen LogP contribution >= 0.6 is 0 Å². The van der Waals surface area contributed by atoms with Crippen molar-refractivity contribution in [3.05, 3.63) is 59.7 Å². The van der Waals surface area contributed by atoms with Crippen molar-refractivity contribution in [3.63, 3.8) is 0 Å². The first-order chi connectivity index (χ1) is 12.4. The van der Waals surface area contributed by atoms with Crippen LogP contribution in [0.1, 0.15) is 11.1 Å². The lowest BCUT2D eigenvalue weighted by molar-refractivity contribution is -0.137. The zero-order valence-electron chi connectivity index (χ0n) is 14.5. The number of alkyl halides is 3. The number of aliphatic imine (C=N–C) groups is 1. The maximum atomic E-state index is 13.2. The molecule has 0 saturated carbocycles. The van der Waals surface area contributed by atoms with E-state index in [0.29, 0.717) is 5.75 Å². The lowest BCUT2D eigenvalue weighted by atomic mass is 10.1. The van der Waals surface area contributed by atoms with E-state index >= 15 is 0 Å². The molecule has 0 aliphatic heterocycles. The minimum absolute atomic E-state index is 0.0174. The average molecular weight is 367 g/mol. The second kappa shape index (κ2) is 9.24. The zero-order valence-corrected chi connectivity index (χ0v) is 14.5. The molecule has 0 N–H and O–H groups in total. The average Bonchev–Trinajstić information content (AvgIpc) is 2.61. The van der Waals surface area contributed by atoms with E-state index in [-0.39, 0.29) is 24.5 Å². The molecule has 2 rings (SSSR count). The zero-order chi connectivity index (χ0) is 19.0. The van der Waals surface area contributed by atoms with Crippen LogP contribution in [-0.2, 0) is 10.9 Å². The Morgan fingerprint density at radius 3 is 2.38 bits per heavy atom. The van der Waals surface area contributed by atoms with Crippen molar-refractivity contribution in [1.82, 2.24) is 0 Å². The van der Waals surface area contributed by atoms with Crippen LogP contribution < -0.4 is 9.47 Å². The standard InChI is InChI=1S/C19H20F3NO3/c1-23-11-14-8-9-16(10-18(14)19(20,21)22)26-17(12-24-2)13-25-15-6-4-3-5-7-15/h3-11,17H,12-13H2,1-2H3/t17-/m0/s1. The maximum Gasteiger partial charge on any atom is 0.417 e. The molecular weight excluding hydrogens is 347 g/mol. The first-order valence-corrected chi connectivity index (χ1v) is 7.91. The first-order valence-electron chi connectivity index (χ1n) is 7.91. The van der Waals surface area contributed by atoms with Crippen molar-refractivity contribution in [2.24, 2.45) is 4.99 Å². The summed E-state index contributed by atoms with van der Waals surface area (Å²) in [5.74, 6) is 0.729. The summed E-state index contributed by atoms with van der Waals surface area (Å²) in [4.78, 5) is 3.66. The van der Waals surface area contributed by atoms with Gasteiger partial charge in [0.05, 0.1) is 12.2 Å². The van der Waals surface area contributed by atoms with E-state index in [9.17, 15) is 13.2 Å². The van der Waals surface area contributed by atoms with Crippen molar-refractivity contribution in [2.45, 2.75) is 12.3 Å². The summed E-state index contributed by atoms with van der Waals surface area (Å²) in [6.07, 6.45) is -3.91. The molecule has 140 valence electrons. The Hall–Kier alpha value is -2.54. The molecule has 1 atom stereocenters. The summed E-state index contributed by atoms with van der Waals surface area (Å²) in [5, 5.41) is 0. The molecule has 0 radical (unpaired) electrons. The van der Waals surface area contributed by atoms with Gasteiger partial charge in [0.2, 0.25) is 0 Å². The van der Waals surface area contributed by atoms with Gasteiger partial charge in [-0.3, -0.25) is 4.99 Å². The molecule has 0 bridgehead atoms. The molecule has 0 aliphatic carbocycles. The summed E-state index contributed by atoms with van der Waals surface area (Å²) in [7, 11) is 2.90. The molecule has 26 heavy (non-hydrogen) atoms. The largest absolute Gasteiger partial charge is 0.490 e.